The normalized spacial score (nSPS) is 14.7. The van der Waals surface area contributed by atoms with E-state index >= 15 is 0 Å². The first-order valence-corrected chi connectivity index (χ1v) is 7.98. The first-order valence-electron chi connectivity index (χ1n) is 7.98. The van der Waals surface area contributed by atoms with Gasteiger partial charge >= 0.3 is 6.03 Å². The molecule has 1 aliphatic rings. The summed E-state index contributed by atoms with van der Waals surface area (Å²) in [5, 5.41) is 2.99. The van der Waals surface area contributed by atoms with Gasteiger partial charge in [0.15, 0.2) is 0 Å². The molecule has 3 rings (SSSR count). The molecule has 0 atom stereocenters. The van der Waals surface area contributed by atoms with Crippen molar-refractivity contribution in [1.29, 1.82) is 0 Å². The van der Waals surface area contributed by atoms with Crippen LogP contribution in [0.25, 0.3) is 0 Å². The molecular formula is C18H22N4O. The van der Waals surface area contributed by atoms with Crippen LogP contribution >= 0.6 is 0 Å². The van der Waals surface area contributed by atoms with Gasteiger partial charge in [-0.25, -0.2) is 9.78 Å². The molecule has 1 N–H and O–H groups in total. The van der Waals surface area contributed by atoms with Crippen LogP contribution in [0.3, 0.4) is 0 Å². The summed E-state index contributed by atoms with van der Waals surface area (Å²) in [6.07, 6.45) is 0. The number of nitrogens with zero attached hydrogens (tertiary/aromatic N) is 3. The summed E-state index contributed by atoms with van der Waals surface area (Å²) in [7, 11) is 0. The van der Waals surface area contributed by atoms with Crippen molar-refractivity contribution in [3.8, 4) is 0 Å². The maximum absolute atomic E-state index is 12.2. The number of rotatable bonds is 3. The zero-order valence-electron chi connectivity index (χ0n) is 13.4. The van der Waals surface area contributed by atoms with Crippen LogP contribution in [0, 0.1) is 6.92 Å². The van der Waals surface area contributed by atoms with Crippen LogP contribution in [0.4, 0.5) is 10.6 Å². The van der Waals surface area contributed by atoms with E-state index in [0.29, 0.717) is 6.54 Å². The minimum atomic E-state index is 0.00528. The van der Waals surface area contributed by atoms with Gasteiger partial charge in [0.25, 0.3) is 0 Å². The van der Waals surface area contributed by atoms with Crippen LogP contribution in [-0.4, -0.2) is 42.1 Å². The maximum Gasteiger partial charge on any atom is 0.317 e. The molecule has 2 aromatic rings. The van der Waals surface area contributed by atoms with E-state index in [0.717, 1.165) is 43.3 Å². The van der Waals surface area contributed by atoms with Gasteiger partial charge in [-0.05, 0) is 24.6 Å². The fourth-order valence-corrected chi connectivity index (χ4v) is 2.73. The van der Waals surface area contributed by atoms with Crippen LogP contribution in [0.1, 0.15) is 11.3 Å². The van der Waals surface area contributed by atoms with E-state index in [2.05, 4.69) is 15.2 Å². The summed E-state index contributed by atoms with van der Waals surface area (Å²) in [6.45, 7) is 5.63. The molecule has 2 amide bonds. The quantitative estimate of drug-likeness (QED) is 0.947. The lowest BCUT2D eigenvalue weighted by molar-refractivity contribution is 0.194. The first-order chi connectivity index (χ1) is 11.2. The third-order valence-corrected chi connectivity index (χ3v) is 4.05. The molecule has 1 aromatic heterocycles. The fourth-order valence-electron chi connectivity index (χ4n) is 2.73. The van der Waals surface area contributed by atoms with E-state index < -0.39 is 0 Å². The molecule has 1 aliphatic heterocycles. The van der Waals surface area contributed by atoms with Crippen molar-refractivity contribution in [3.63, 3.8) is 0 Å². The molecule has 0 bridgehead atoms. The Morgan fingerprint density at radius 3 is 2.48 bits per heavy atom. The van der Waals surface area contributed by atoms with E-state index in [4.69, 9.17) is 0 Å². The lowest BCUT2D eigenvalue weighted by Crippen LogP contribution is -2.51. The molecular weight excluding hydrogens is 288 g/mol. The highest BCUT2D eigenvalue weighted by molar-refractivity contribution is 5.74. The minimum absolute atomic E-state index is 0.00528. The molecule has 0 radical (unpaired) electrons. The average Bonchev–Trinajstić information content (AvgIpc) is 2.61. The summed E-state index contributed by atoms with van der Waals surface area (Å²) in [6, 6.07) is 16.0. The van der Waals surface area contributed by atoms with Gasteiger partial charge in [0, 0.05) is 38.4 Å². The number of aromatic nitrogens is 1. The Kier molecular flexibility index (Phi) is 4.76. The van der Waals surface area contributed by atoms with Crippen molar-refractivity contribution >= 4 is 11.8 Å². The molecule has 0 aliphatic carbocycles. The monoisotopic (exact) mass is 310 g/mol. The standard InChI is InChI=1S/C18H22N4O/c1-15-6-5-9-17(20-15)21-10-12-22(13-11-21)18(23)19-14-16-7-3-2-4-8-16/h2-9H,10-14H2,1H3,(H,19,23). The van der Waals surface area contributed by atoms with Gasteiger partial charge in [0.1, 0.15) is 5.82 Å². The Bertz CT molecular complexity index is 651. The molecule has 1 aromatic carbocycles. The predicted octanol–water partition coefficient (Wildman–Crippen LogP) is 2.42. The number of aryl methyl sites for hydroxylation is 1. The van der Waals surface area contributed by atoms with Crippen LogP contribution in [0.2, 0.25) is 0 Å². The number of nitrogens with one attached hydrogen (secondary N) is 1. The van der Waals surface area contributed by atoms with Gasteiger partial charge in [0.05, 0.1) is 0 Å². The van der Waals surface area contributed by atoms with Gasteiger partial charge in [-0.3, -0.25) is 0 Å². The number of carbonyl (C=O) groups excluding carboxylic acids is 1. The minimum Gasteiger partial charge on any atom is -0.353 e. The highest BCUT2D eigenvalue weighted by Crippen LogP contribution is 2.14. The summed E-state index contributed by atoms with van der Waals surface area (Å²) >= 11 is 0. The maximum atomic E-state index is 12.2. The highest BCUT2D eigenvalue weighted by Gasteiger charge is 2.21. The van der Waals surface area contributed by atoms with Gasteiger partial charge in [-0.1, -0.05) is 36.4 Å². The van der Waals surface area contributed by atoms with Crippen molar-refractivity contribution in [1.82, 2.24) is 15.2 Å². The number of piperazine rings is 1. The molecule has 1 saturated heterocycles. The molecule has 0 spiro atoms. The van der Waals surface area contributed by atoms with E-state index in [-0.39, 0.29) is 6.03 Å². The largest absolute Gasteiger partial charge is 0.353 e. The second-order valence-electron chi connectivity index (χ2n) is 5.76. The number of carbonyl (C=O) groups is 1. The number of urea groups is 1. The first kappa shape index (κ1) is 15.3. The molecule has 2 heterocycles. The topological polar surface area (TPSA) is 48.5 Å². The molecule has 5 nitrogen and oxygen atoms in total. The van der Waals surface area contributed by atoms with E-state index in [9.17, 15) is 4.79 Å². The molecule has 120 valence electrons. The van der Waals surface area contributed by atoms with Crippen molar-refractivity contribution in [2.75, 3.05) is 31.1 Å². The van der Waals surface area contributed by atoms with Gasteiger partial charge in [0.2, 0.25) is 0 Å². The number of amides is 2. The Hall–Kier alpha value is -2.56. The highest BCUT2D eigenvalue weighted by atomic mass is 16.2. The number of hydrogen-bond acceptors (Lipinski definition) is 3. The third kappa shape index (κ3) is 4.00. The van der Waals surface area contributed by atoms with Crippen molar-refractivity contribution in [2.45, 2.75) is 13.5 Å². The van der Waals surface area contributed by atoms with Gasteiger partial charge < -0.3 is 15.1 Å². The van der Waals surface area contributed by atoms with Crippen molar-refractivity contribution in [2.24, 2.45) is 0 Å². The Morgan fingerprint density at radius 2 is 1.78 bits per heavy atom. The van der Waals surface area contributed by atoms with Crippen molar-refractivity contribution in [3.05, 3.63) is 59.8 Å². The summed E-state index contributed by atoms with van der Waals surface area (Å²) in [5.41, 5.74) is 2.13. The van der Waals surface area contributed by atoms with Crippen LogP contribution < -0.4 is 10.2 Å². The van der Waals surface area contributed by atoms with Crippen LogP contribution in [-0.2, 0) is 6.54 Å². The Labute approximate surface area is 136 Å². The van der Waals surface area contributed by atoms with Crippen LogP contribution in [0.15, 0.2) is 48.5 Å². The van der Waals surface area contributed by atoms with Crippen molar-refractivity contribution < 1.29 is 4.79 Å². The summed E-state index contributed by atoms with van der Waals surface area (Å²) < 4.78 is 0. The summed E-state index contributed by atoms with van der Waals surface area (Å²) in [4.78, 5) is 20.9. The number of hydrogen-bond donors (Lipinski definition) is 1. The summed E-state index contributed by atoms with van der Waals surface area (Å²) in [5.74, 6) is 0.995. The lowest BCUT2D eigenvalue weighted by atomic mass is 10.2. The third-order valence-electron chi connectivity index (χ3n) is 4.05. The van der Waals surface area contributed by atoms with E-state index in [1.54, 1.807) is 0 Å². The zero-order chi connectivity index (χ0) is 16.1. The zero-order valence-corrected chi connectivity index (χ0v) is 13.4. The Balaban J connectivity index is 1.49. The average molecular weight is 310 g/mol. The fraction of sp³-hybridized carbons (Fsp3) is 0.333. The molecule has 5 heteroatoms. The van der Waals surface area contributed by atoms with Crippen LogP contribution in [0.5, 0.6) is 0 Å². The van der Waals surface area contributed by atoms with Gasteiger partial charge in [-0.2, -0.15) is 0 Å². The number of benzene rings is 1. The van der Waals surface area contributed by atoms with E-state index in [1.807, 2.05) is 60.4 Å². The molecule has 0 saturated carbocycles. The molecule has 23 heavy (non-hydrogen) atoms. The SMILES string of the molecule is Cc1cccc(N2CCN(C(=O)NCc3ccccc3)CC2)n1. The second-order valence-corrected chi connectivity index (χ2v) is 5.76. The second kappa shape index (κ2) is 7.13. The molecule has 1 fully saturated rings. The van der Waals surface area contributed by atoms with E-state index in [1.165, 1.54) is 0 Å². The number of anilines is 1. The molecule has 0 unspecified atom stereocenters. The predicted molar refractivity (Wildman–Crippen MR) is 91.4 cm³/mol. The Morgan fingerprint density at radius 1 is 1.04 bits per heavy atom. The van der Waals surface area contributed by atoms with Gasteiger partial charge in [-0.15, -0.1) is 0 Å². The number of pyridine rings is 1. The lowest BCUT2D eigenvalue weighted by Gasteiger charge is -2.35. The smallest absolute Gasteiger partial charge is 0.317 e.